The van der Waals surface area contributed by atoms with Gasteiger partial charge in [-0.05, 0) is 38.0 Å². The second-order valence-corrected chi connectivity index (χ2v) is 5.15. The first kappa shape index (κ1) is 8.06. The summed E-state index contributed by atoms with van der Waals surface area (Å²) < 4.78 is 5.77. The summed E-state index contributed by atoms with van der Waals surface area (Å²) in [5.41, 5.74) is 0.806. The molecular formula is C9H15BrO. The van der Waals surface area contributed by atoms with Crippen LogP contribution in [-0.4, -0.2) is 17.5 Å². The quantitative estimate of drug-likeness (QED) is 0.649. The van der Waals surface area contributed by atoms with Gasteiger partial charge in [-0.1, -0.05) is 15.9 Å². The van der Waals surface area contributed by atoms with Crippen LogP contribution in [0.4, 0.5) is 0 Å². The molecule has 2 bridgehead atoms. The lowest BCUT2D eigenvalue weighted by atomic mass is 9.85. The van der Waals surface area contributed by atoms with Crippen molar-refractivity contribution in [2.45, 2.75) is 38.2 Å². The van der Waals surface area contributed by atoms with Crippen molar-refractivity contribution in [1.29, 1.82) is 0 Å². The number of ether oxygens (including phenoxy) is 1. The molecule has 0 radical (unpaired) electrons. The Bertz CT molecular complexity index is 153. The van der Waals surface area contributed by atoms with E-state index in [1.807, 2.05) is 0 Å². The smallest absolute Gasteiger partial charge is 0.0661 e. The predicted octanol–water partition coefficient (Wildman–Crippen LogP) is 2.73. The van der Waals surface area contributed by atoms with E-state index in [0.29, 0.717) is 5.41 Å². The topological polar surface area (TPSA) is 9.23 Å². The number of alkyl halides is 1. The van der Waals surface area contributed by atoms with Crippen molar-refractivity contribution >= 4 is 15.9 Å². The van der Waals surface area contributed by atoms with Gasteiger partial charge in [0.2, 0.25) is 0 Å². The van der Waals surface area contributed by atoms with Crippen LogP contribution in [-0.2, 0) is 4.74 Å². The van der Waals surface area contributed by atoms with E-state index in [4.69, 9.17) is 4.74 Å². The third kappa shape index (κ3) is 1.25. The molecular weight excluding hydrogens is 204 g/mol. The van der Waals surface area contributed by atoms with Crippen molar-refractivity contribution in [3.8, 4) is 0 Å². The fourth-order valence-corrected chi connectivity index (χ4v) is 3.40. The Balaban J connectivity index is 2.08. The van der Waals surface area contributed by atoms with Gasteiger partial charge >= 0.3 is 0 Å². The van der Waals surface area contributed by atoms with Crippen molar-refractivity contribution in [1.82, 2.24) is 0 Å². The van der Waals surface area contributed by atoms with E-state index >= 15 is 0 Å². The van der Waals surface area contributed by atoms with Gasteiger partial charge in [0, 0.05) is 5.33 Å². The highest BCUT2D eigenvalue weighted by Crippen LogP contribution is 2.54. The summed E-state index contributed by atoms with van der Waals surface area (Å²) in [5, 5.41) is 1.13. The van der Waals surface area contributed by atoms with Crippen molar-refractivity contribution in [3.63, 3.8) is 0 Å². The molecule has 0 aromatic carbocycles. The first-order valence-corrected chi connectivity index (χ1v) is 5.50. The lowest BCUT2D eigenvalue weighted by molar-refractivity contribution is -0.0158. The second kappa shape index (κ2) is 2.46. The Labute approximate surface area is 76.6 Å². The highest BCUT2D eigenvalue weighted by Gasteiger charge is 2.52. The average Bonchev–Trinajstić information content (AvgIpc) is 2.42. The van der Waals surface area contributed by atoms with E-state index in [-0.39, 0.29) is 5.60 Å². The van der Waals surface area contributed by atoms with Gasteiger partial charge in [0.25, 0.3) is 0 Å². The van der Waals surface area contributed by atoms with E-state index < -0.39 is 0 Å². The maximum atomic E-state index is 5.77. The van der Waals surface area contributed by atoms with Crippen LogP contribution in [0.25, 0.3) is 0 Å². The standard InChI is InChI=1S/C9H15BrO/c1-8-2-3-9(6-8,4-5-10)7-11-8/h2-7H2,1H3. The number of fused-ring (bicyclic) bond motifs is 2. The molecule has 0 aromatic rings. The second-order valence-electron chi connectivity index (χ2n) is 4.35. The van der Waals surface area contributed by atoms with Crippen LogP contribution in [0.5, 0.6) is 0 Å². The molecule has 0 spiro atoms. The largest absolute Gasteiger partial charge is 0.375 e. The summed E-state index contributed by atoms with van der Waals surface area (Å²) >= 11 is 3.52. The predicted molar refractivity (Wildman–Crippen MR) is 49.1 cm³/mol. The zero-order valence-corrected chi connectivity index (χ0v) is 8.61. The molecule has 2 fully saturated rings. The van der Waals surface area contributed by atoms with Gasteiger partial charge in [0.1, 0.15) is 0 Å². The van der Waals surface area contributed by atoms with Gasteiger partial charge in [-0.25, -0.2) is 0 Å². The van der Waals surface area contributed by atoms with E-state index in [9.17, 15) is 0 Å². The molecule has 1 nitrogen and oxygen atoms in total. The lowest BCUT2D eigenvalue weighted by Gasteiger charge is -2.25. The number of hydrogen-bond acceptors (Lipinski definition) is 1. The molecule has 1 aliphatic carbocycles. The molecule has 2 rings (SSSR count). The van der Waals surface area contributed by atoms with Crippen molar-refractivity contribution in [2.75, 3.05) is 11.9 Å². The zero-order valence-electron chi connectivity index (χ0n) is 7.03. The molecule has 2 aliphatic rings. The molecule has 1 heterocycles. The van der Waals surface area contributed by atoms with Gasteiger partial charge < -0.3 is 4.74 Å². The highest BCUT2D eigenvalue weighted by atomic mass is 79.9. The Hall–Kier alpha value is 0.440. The molecule has 2 unspecified atom stereocenters. The highest BCUT2D eigenvalue weighted by molar-refractivity contribution is 9.09. The summed E-state index contributed by atoms with van der Waals surface area (Å²) in [4.78, 5) is 0. The van der Waals surface area contributed by atoms with Crippen LogP contribution in [0.3, 0.4) is 0 Å². The van der Waals surface area contributed by atoms with Crippen LogP contribution < -0.4 is 0 Å². The molecule has 2 heteroatoms. The maximum Gasteiger partial charge on any atom is 0.0661 e. The first-order chi connectivity index (χ1) is 5.18. The molecule has 0 N–H and O–H groups in total. The minimum Gasteiger partial charge on any atom is -0.375 e. The van der Waals surface area contributed by atoms with Gasteiger partial charge in [-0.2, -0.15) is 0 Å². The minimum atomic E-state index is 0.252. The minimum absolute atomic E-state index is 0.252. The summed E-state index contributed by atoms with van der Waals surface area (Å²) in [6.45, 7) is 3.27. The van der Waals surface area contributed by atoms with Gasteiger partial charge in [-0.3, -0.25) is 0 Å². The fraction of sp³-hybridized carbons (Fsp3) is 1.00. The van der Waals surface area contributed by atoms with Crippen LogP contribution in [0.15, 0.2) is 0 Å². The van der Waals surface area contributed by atoms with E-state index in [1.54, 1.807) is 0 Å². The molecule has 11 heavy (non-hydrogen) atoms. The van der Waals surface area contributed by atoms with Crippen molar-refractivity contribution in [3.05, 3.63) is 0 Å². The molecule has 1 saturated heterocycles. The normalized spacial score (nSPS) is 48.5. The van der Waals surface area contributed by atoms with E-state index in [2.05, 4.69) is 22.9 Å². The van der Waals surface area contributed by atoms with Crippen molar-refractivity contribution < 1.29 is 4.74 Å². The maximum absolute atomic E-state index is 5.77. The molecule has 0 amide bonds. The first-order valence-electron chi connectivity index (χ1n) is 4.38. The number of halogens is 1. The van der Waals surface area contributed by atoms with E-state index in [1.165, 1.54) is 25.7 Å². The Morgan fingerprint density at radius 1 is 1.45 bits per heavy atom. The van der Waals surface area contributed by atoms with Crippen LogP contribution in [0, 0.1) is 5.41 Å². The summed E-state index contributed by atoms with van der Waals surface area (Å²) in [6, 6.07) is 0. The Kier molecular flexibility index (Phi) is 1.80. The van der Waals surface area contributed by atoms with E-state index in [0.717, 1.165) is 11.9 Å². The SMILES string of the molecule is CC12CCC(CCBr)(CO1)C2. The monoisotopic (exact) mass is 218 g/mol. The van der Waals surface area contributed by atoms with Gasteiger partial charge in [0.15, 0.2) is 0 Å². The molecule has 1 saturated carbocycles. The molecule has 0 aromatic heterocycles. The Morgan fingerprint density at radius 3 is 2.64 bits per heavy atom. The third-order valence-corrected chi connectivity index (χ3v) is 3.68. The zero-order chi connectivity index (χ0) is 7.95. The average molecular weight is 219 g/mol. The third-order valence-electron chi connectivity index (χ3n) is 3.28. The van der Waals surface area contributed by atoms with Crippen LogP contribution in [0.2, 0.25) is 0 Å². The Morgan fingerprint density at radius 2 is 2.27 bits per heavy atom. The molecule has 64 valence electrons. The lowest BCUT2D eigenvalue weighted by Crippen LogP contribution is -2.23. The molecule has 2 atom stereocenters. The molecule has 1 aliphatic heterocycles. The van der Waals surface area contributed by atoms with Crippen LogP contribution in [0.1, 0.15) is 32.6 Å². The summed E-state index contributed by atoms with van der Waals surface area (Å²) in [5.74, 6) is 0. The number of rotatable bonds is 2. The van der Waals surface area contributed by atoms with Crippen LogP contribution >= 0.6 is 15.9 Å². The fourth-order valence-electron chi connectivity index (χ4n) is 2.56. The van der Waals surface area contributed by atoms with Crippen molar-refractivity contribution in [2.24, 2.45) is 5.41 Å². The summed E-state index contributed by atoms with van der Waals surface area (Å²) in [7, 11) is 0. The van der Waals surface area contributed by atoms with Gasteiger partial charge in [0.05, 0.1) is 12.2 Å². The summed E-state index contributed by atoms with van der Waals surface area (Å²) in [6.07, 6.45) is 5.25. The van der Waals surface area contributed by atoms with Gasteiger partial charge in [-0.15, -0.1) is 0 Å². The number of hydrogen-bond donors (Lipinski definition) is 0.